The lowest BCUT2D eigenvalue weighted by Crippen LogP contribution is -2.24. The van der Waals surface area contributed by atoms with Gasteiger partial charge in [-0.15, -0.1) is 11.3 Å². The van der Waals surface area contributed by atoms with E-state index >= 15 is 0 Å². The molecule has 0 spiro atoms. The molecule has 1 aromatic carbocycles. The summed E-state index contributed by atoms with van der Waals surface area (Å²) in [5, 5.41) is 2.33. The minimum absolute atomic E-state index is 0.350. The highest BCUT2D eigenvalue weighted by molar-refractivity contribution is 7.17. The van der Waals surface area contributed by atoms with E-state index in [1.54, 1.807) is 7.11 Å². The molecule has 0 aliphatic heterocycles. The molecular weight excluding hydrogens is 290 g/mol. The fourth-order valence-corrected chi connectivity index (χ4v) is 3.23. The van der Waals surface area contributed by atoms with E-state index in [0.717, 1.165) is 16.9 Å². The van der Waals surface area contributed by atoms with Gasteiger partial charge < -0.3 is 9.15 Å². The molecule has 0 aliphatic rings. The van der Waals surface area contributed by atoms with Crippen LogP contribution in [-0.2, 0) is 6.54 Å². The van der Waals surface area contributed by atoms with Crippen LogP contribution in [0.3, 0.4) is 0 Å². The Morgan fingerprint density at radius 3 is 2.62 bits per heavy atom. The van der Waals surface area contributed by atoms with Crippen LogP contribution in [0.1, 0.15) is 11.1 Å². The maximum Gasteiger partial charge on any atom is 0.423 e. The first-order chi connectivity index (χ1) is 10.1. The zero-order valence-electron chi connectivity index (χ0n) is 11.6. The van der Waals surface area contributed by atoms with E-state index in [9.17, 15) is 9.59 Å². The summed E-state index contributed by atoms with van der Waals surface area (Å²) in [5.41, 5.74) is 1.19. The van der Waals surface area contributed by atoms with E-state index in [-0.39, 0.29) is 0 Å². The molecule has 0 saturated carbocycles. The number of methoxy groups -OCH3 is 1. The number of ether oxygens (including phenoxy) is 1. The number of fused-ring (bicyclic) bond motifs is 1. The van der Waals surface area contributed by atoms with Crippen LogP contribution in [0.25, 0.3) is 10.2 Å². The first-order valence-electron chi connectivity index (χ1n) is 6.35. The zero-order valence-corrected chi connectivity index (χ0v) is 12.4. The normalized spacial score (nSPS) is 11.0. The second-order valence-corrected chi connectivity index (χ2v) is 5.55. The van der Waals surface area contributed by atoms with Gasteiger partial charge in [0.25, 0.3) is 0 Å². The summed E-state index contributed by atoms with van der Waals surface area (Å²) in [5.74, 6) is 0.118. The Hall–Kier alpha value is -2.34. The Balaban J connectivity index is 2.11. The lowest BCUT2D eigenvalue weighted by atomic mass is 10.2. The summed E-state index contributed by atoms with van der Waals surface area (Å²) < 4.78 is 11.4. The average molecular weight is 303 g/mol. The number of hydrogen-bond acceptors (Lipinski definition) is 5. The van der Waals surface area contributed by atoms with Gasteiger partial charge in [-0.1, -0.05) is 12.1 Å². The fraction of sp³-hybridized carbons (Fsp3) is 0.200. The standard InChI is InChI=1S/C15H13NO4S/c1-9-8-21-13-12(9)14(17)20-15(18)16(13)7-10-3-5-11(19-2)6-4-10/h3-6,8H,7H2,1-2H3. The summed E-state index contributed by atoms with van der Waals surface area (Å²) in [6.07, 6.45) is 0. The maximum absolute atomic E-state index is 12.0. The lowest BCUT2D eigenvalue weighted by Gasteiger charge is -2.07. The molecule has 5 nitrogen and oxygen atoms in total. The fourth-order valence-electron chi connectivity index (χ4n) is 2.20. The molecule has 2 heterocycles. The molecule has 3 aromatic rings. The van der Waals surface area contributed by atoms with Crippen molar-refractivity contribution in [2.75, 3.05) is 7.11 Å². The van der Waals surface area contributed by atoms with Crippen molar-refractivity contribution in [1.82, 2.24) is 4.57 Å². The SMILES string of the molecule is COc1ccc(Cn2c(=O)oc(=O)c3c(C)csc32)cc1. The van der Waals surface area contributed by atoms with Gasteiger partial charge in [-0.05, 0) is 35.6 Å². The van der Waals surface area contributed by atoms with Gasteiger partial charge in [-0.2, -0.15) is 0 Å². The predicted molar refractivity (Wildman–Crippen MR) is 81.5 cm³/mol. The highest BCUT2D eigenvalue weighted by Gasteiger charge is 2.13. The molecule has 108 valence electrons. The van der Waals surface area contributed by atoms with Crippen molar-refractivity contribution in [3.8, 4) is 5.75 Å². The first kappa shape index (κ1) is 13.6. The van der Waals surface area contributed by atoms with E-state index in [4.69, 9.17) is 9.15 Å². The Bertz CT molecular complexity index is 902. The largest absolute Gasteiger partial charge is 0.497 e. The van der Waals surface area contributed by atoms with Crippen molar-refractivity contribution in [1.29, 1.82) is 0 Å². The third-order valence-corrected chi connectivity index (χ3v) is 4.42. The monoisotopic (exact) mass is 303 g/mol. The first-order valence-corrected chi connectivity index (χ1v) is 7.23. The van der Waals surface area contributed by atoms with Gasteiger partial charge >= 0.3 is 11.4 Å². The highest BCUT2D eigenvalue weighted by Crippen LogP contribution is 2.22. The summed E-state index contributed by atoms with van der Waals surface area (Å²) in [7, 11) is 1.60. The number of hydrogen-bond donors (Lipinski definition) is 0. The molecule has 0 amide bonds. The van der Waals surface area contributed by atoms with E-state index in [1.807, 2.05) is 36.6 Å². The Morgan fingerprint density at radius 1 is 1.24 bits per heavy atom. The van der Waals surface area contributed by atoms with Crippen LogP contribution in [-0.4, -0.2) is 11.7 Å². The van der Waals surface area contributed by atoms with Crippen molar-refractivity contribution in [2.24, 2.45) is 0 Å². The molecule has 0 unspecified atom stereocenters. The summed E-state index contributed by atoms with van der Waals surface area (Å²) in [6.45, 7) is 2.18. The van der Waals surface area contributed by atoms with Crippen molar-refractivity contribution in [3.63, 3.8) is 0 Å². The average Bonchev–Trinajstić information content (AvgIpc) is 2.86. The number of thiophene rings is 1. The topological polar surface area (TPSA) is 61.4 Å². The predicted octanol–water partition coefficient (Wildman–Crippen LogP) is 2.38. The number of aromatic nitrogens is 1. The Labute approximate surface area is 124 Å². The minimum atomic E-state index is -0.634. The van der Waals surface area contributed by atoms with Crippen molar-refractivity contribution < 1.29 is 9.15 Å². The highest BCUT2D eigenvalue weighted by atomic mass is 32.1. The van der Waals surface area contributed by atoms with Gasteiger partial charge in [0.05, 0.1) is 19.0 Å². The molecule has 0 atom stereocenters. The van der Waals surface area contributed by atoms with Crippen LogP contribution < -0.4 is 16.1 Å². The molecule has 6 heteroatoms. The van der Waals surface area contributed by atoms with Crippen LogP contribution in [0.15, 0.2) is 43.7 Å². The van der Waals surface area contributed by atoms with Crippen LogP contribution >= 0.6 is 11.3 Å². The summed E-state index contributed by atoms with van der Waals surface area (Å²) >= 11 is 1.37. The second kappa shape index (κ2) is 5.21. The smallest absolute Gasteiger partial charge is 0.423 e. The molecular formula is C15H13NO4S. The van der Waals surface area contributed by atoms with Gasteiger partial charge in [0.2, 0.25) is 0 Å². The lowest BCUT2D eigenvalue weighted by molar-refractivity contribution is 0.414. The van der Waals surface area contributed by atoms with Gasteiger partial charge in [-0.25, -0.2) is 9.59 Å². The number of benzene rings is 1. The molecule has 0 fully saturated rings. The van der Waals surface area contributed by atoms with Crippen molar-refractivity contribution >= 4 is 21.6 Å². The summed E-state index contributed by atoms with van der Waals surface area (Å²) in [4.78, 5) is 24.4. The number of rotatable bonds is 3. The second-order valence-electron chi connectivity index (χ2n) is 4.69. The van der Waals surface area contributed by atoms with Gasteiger partial charge in [-0.3, -0.25) is 4.57 Å². The van der Waals surface area contributed by atoms with Crippen molar-refractivity contribution in [3.05, 3.63) is 61.7 Å². The third kappa shape index (κ3) is 2.38. The summed E-state index contributed by atoms with van der Waals surface area (Å²) in [6, 6.07) is 7.41. The third-order valence-electron chi connectivity index (χ3n) is 3.30. The van der Waals surface area contributed by atoms with Gasteiger partial charge in [0.1, 0.15) is 10.6 Å². The van der Waals surface area contributed by atoms with Crippen molar-refractivity contribution in [2.45, 2.75) is 13.5 Å². The molecule has 3 rings (SSSR count). The number of nitrogens with zero attached hydrogens (tertiary/aromatic N) is 1. The van der Waals surface area contributed by atoms with E-state index in [2.05, 4.69) is 0 Å². The van der Waals surface area contributed by atoms with Gasteiger partial charge in [0, 0.05) is 0 Å². The minimum Gasteiger partial charge on any atom is -0.497 e. The quantitative estimate of drug-likeness (QED) is 0.745. The molecule has 0 aliphatic carbocycles. The Kier molecular flexibility index (Phi) is 3.39. The Morgan fingerprint density at radius 2 is 1.95 bits per heavy atom. The molecule has 0 saturated heterocycles. The van der Waals surface area contributed by atoms with Crippen LogP contribution in [0.4, 0.5) is 0 Å². The van der Waals surface area contributed by atoms with E-state index in [1.165, 1.54) is 15.9 Å². The van der Waals surface area contributed by atoms with E-state index in [0.29, 0.717) is 16.8 Å². The van der Waals surface area contributed by atoms with Crippen LogP contribution in [0.5, 0.6) is 5.75 Å². The molecule has 0 N–H and O–H groups in total. The van der Waals surface area contributed by atoms with E-state index < -0.39 is 11.4 Å². The molecule has 0 radical (unpaired) electrons. The maximum atomic E-state index is 12.0. The number of aryl methyl sites for hydroxylation is 1. The van der Waals surface area contributed by atoms with Crippen LogP contribution in [0.2, 0.25) is 0 Å². The molecule has 2 aromatic heterocycles. The zero-order chi connectivity index (χ0) is 15.0. The van der Waals surface area contributed by atoms with Gasteiger partial charge in [0.15, 0.2) is 0 Å². The van der Waals surface area contributed by atoms with Crippen LogP contribution in [0, 0.1) is 6.92 Å². The molecule has 21 heavy (non-hydrogen) atoms. The molecule has 0 bridgehead atoms.